The van der Waals surface area contributed by atoms with E-state index in [9.17, 15) is 13.2 Å². The second-order valence-electron chi connectivity index (χ2n) is 8.22. The molecule has 3 aliphatic rings. The van der Waals surface area contributed by atoms with Crippen molar-refractivity contribution in [3.63, 3.8) is 0 Å². The number of fused-ring (bicyclic) bond motifs is 1. The maximum Gasteiger partial charge on any atom is 0.240 e. The zero-order valence-corrected chi connectivity index (χ0v) is 17.2. The summed E-state index contributed by atoms with van der Waals surface area (Å²) in [6.07, 6.45) is 3.12. The molecule has 0 bridgehead atoms. The van der Waals surface area contributed by atoms with Crippen LogP contribution in [0.3, 0.4) is 0 Å². The normalized spacial score (nSPS) is 19.3. The molecule has 0 unspecified atom stereocenters. The molecule has 0 spiro atoms. The second kappa shape index (κ2) is 6.65. The van der Waals surface area contributed by atoms with Gasteiger partial charge in [-0.3, -0.25) is 4.79 Å². The van der Waals surface area contributed by atoms with Crippen LogP contribution in [0.4, 0.5) is 5.69 Å². The standard InChI is InChI=1S/C22H24N2O4S/c1-28-22(12-17-4-2-3-5-18(17)13-22)14-23-29(26,27)19-10-15-6-7-20(25)24-9-8-16(11-19)21(15)24/h2-5,10-11,23H,6-9,12-14H2,1H3. The van der Waals surface area contributed by atoms with Gasteiger partial charge in [-0.05, 0) is 47.2 Å². The summed E-state index contributed by atoms with van der Waals surface area (Å²) in [5, 5.41) is 0. The number of nitrogens with one attached hydrogen (secondary N) is 1. The van der Waals surface area contributed by atoms with Gasteiger partial charge in [-0.1, -0.05) is 24.3 Å². The number of anilines is 1. The van der Waals surface area contributed by atoms with Crippen LogP contribution >= 0.6 is 0 Å². The van der Waals surface area contributed by atoms with Gasteiger partial charge in [-0.2, -0.15) is 0 Å². The number of rotatable bonds is 5. The number of ether oxygens (including phenoxy) is 1. The van der Waals surface area contributed by atoms with Gasteiger partial charge in [0.1, 0.15) is 0 Å². The van der Waals surface area contributed by atoms with E-state index in [0.717, 1.165) is 16.8 Å². The van der Waals surface area contributed by atoms with Crippen molar-refractivity contribution in [3.05, 3.63) is 58.7 Å². The van der Waals surface area contributed by atoms with E-state index < -0.39 is 15.6 Å². The van der Waals surface area contributed by atoms with E-state index in [-0.39, 0.29) is 17.3 Å². The molecule has 0 aromatic heterocycles. The summed E-state index contributed by atoms with van der Waals surface area (Å²) in [5.74, 6) is 0.132. The van der Waals surface area contributed by atoms with Gasteiger partial charge in [0.15, 0.2) is 0 Å². The zero-order valence-electron chi connectivity index (χ0n) is 16.4. The lowest BCUT2D eigenvalue weighted by atomic mass is 10.00. The second-order valence-corrected chi connectivity index (χ2v) is 9.99. The minimum atomic E-state index is -3.68. The first-order chi connectivity index (χ1) is 13.9. The largest absolute Gasteiger partial charge is 0.376 e. The highest BCUT2D eigenvalue weighted by atomic mass is 32.2. The van der Waals surface area contributed by atoms with Gasteiger partial charge in [-0.25, -0.2) is 13.1 Å². The monoisotopic (exact) mass is 412 g/mol. The Hall–Kier alpha value is -2.22. The number of hydrogen-bond acceptors (Lipinski definition) is 4. The summed E-state index contributed by atoms with van der Waals surface area (Å²) < 4.78 is 34.8. The van der Waals surface area contributed by atoms with Crippen LogP contribution in [0.25, 0.3) is 0 Å². The van der Waals surface area contributed by atoms with E-state index in [4.69, 9.17) is 4.74 Å². The lowest BCUT2D eigenvalue weighted by Crippen LogP contribution is -2.45. The average molecular weight is 413 g/mol. The van der Waals surface area contributed by atoms with Crippen LogP contribution < -0.4 is 9.62 Å². The summed E-state index contributed by atoms with van der Waals surface area (Å²) in [5.41, 5.74) is 4.69. The molecule has 0 saturated carbocycles. The van der Waals surface area contributed by atoms with Gasteiger partial charge < -0.3 is 9.64 Å². The maximum atomic E-state index is 13.1. The Labute approximate surface area is 170 Å². The Morgan fingerprint density at radius 1 is 1.03 bits per heavy atom. The van der Waals surface area contributed by atoms with Crippen LogP contribution in [-0.2, 0) is 45.2 Å². The number of carbonyl (C=O) groups excluding carboxylic acids is 1. The van der Waals surface area contributed by atoms with Crippen molar-refractivity contribution in [2.45, 2.75) is 42.6 Å². The van der Waals surface area contributed by atoms with E-state index in [0.29, 0.717) is 38.6 Å². The van der Waals surface area contributed by atoms with E-state index in [1.165, 1.54) is 11.1 Å². The molecule has 0 saturated heterocycles. The molecule has 2 heterocycles. The molecule has 1 aliphatic carbocycles. The van der Waals surface area contributed by atoms with Gasteiger partial charge in [0.2, 0.25) is 15.9 Å². The van der Waals surface area contributed by atoms with Crippen LogP contribution in [0.1, 0.15) is 28.7 Å². The van der Waals surface area contributed by atoms with Gasteiger partial charge >= 0.3 is 0 Å². The zero-order chi connectivity index (χ0) is 20.2. The third kappa shape index (κ3) is 3.08. The molecule has 2 aromatic rings. The number of methoxy groups -OCH3 is 1. The SMILES string of the molecule is COC1(CNS(=O)(=O)c2cc3c4c(c2)CCN4C(=O)CC3)Cc2ccccc2C1. The van der Waals surface area contributed by atoms with Crippen molar-refractivity contribution in [1.29, 1.82) is 0 Å². The third-order valence-electron chi connectivity index (χ3n) is 6.50. The summed E-state index contributed by atoms with van der Waals surface area (Å²) >= 11 is 0. The molecule has 0 fully saturated rings. The molecule has 152 valence electrons. The molecule has 2 aliphatic heterocycles. The predicted molar refractivity (Wildman–Crippen MR) is 110 cm³/mol. The molecule has 1 N–H and O–H groups in total. The summed E-state index contributed by atoms with van der Waals surface area (Å²) in [7, 11) is -2.03. The average Bonchev–Trinajstić information content (AvgIpc) is 3.32. The number of aryl methyl sites for hydroxylation is 1. The fourth-order valence-electron chi connectivity index (χ4n) is 4.89. The van der Waals surface area contributed by atoms with Crippen LogP contribution in [-0.4, -0.2) is 40.1 Å². The summed E-state index contributed by atoms with van der Waals surface area (Å²) in [6.45, 7) is 0.862. The van der Waals surface area contributed by atoms with Gasteiger partial charge in [0, 0.05) is 39.5 Å². The van der Waals surface area contributed by atoms with Crippen molar-refractivity contribution >= 4 is 21.6 Å². The molecule has 6 nitrogen and oxygen atoms in total. The van der Waals surface area contributed by atoms with Crippen LogP contribution in [0.2, 0.25) is 0 Å². The van der Waals surface area contributed by atoms with E-state index in [2.05, 4.69) is 16.9 Å². The summed E-state index contributed by atoms with van der Waals surface area (Å²) in [6, 6.07) is 11.6. The molecule has 5 rings (SSSR count). The smallest absolute Gasteiger partial charge is 0.240 e. The van der Waals surface area contributed by atoms with E-state index in [1.807, 2.05) is 12.1 Å². The lowest BCUT2D eigenvalue weighted by molar-refractivity contribution is -0.118. The van der Waals surface area contributed by atoms with Gasteiger partial charge in [-0.15, -0.1) is 0 Å². The van der Waals surface area contributed by atoms with Crippen molar-refractivity contribution in [2.24, 2.45) is 0 Å². The number of carbonyl (C=O) groups is 1. The van der Waals surface area contributed by atoms with Gasteiger partial charge in [0.05, 0.1) is 16.2 Å². The molecular weight excluding hydrogens is 388 g/mol. The molecule has 2 aromatic carbocycles. The molecule has 0 radical (unpaired) electrons. The number of sulfonamides is 1. The molecule has 29 heavy (non-hydrogen) atoms. The van der Waals surface area contributed by atoms with Crippen molar-refractivity contribution < 1.29 is 17.9 Å². The van der Waals surface area contributed by atoms with Crippen LogP contribution in [0, 0.1) is 0 Å². The number of hydrogen-bond donors (Lipinski definition) is 1. The number of benzene rings is 2. The third-order valence-corrected chi connectivity index (χ3v) is 7.88. The van der Waals surface area contributed by atoms with Crippen molar-refractivity contribution in [3.8, 4) is 0 Å². The van der Waals surface area contributed by atoms with E-state index >= 15 is 0 Å². The maximum absolute atomic E-state index is 13.1. The first-order valence-corrected chi connectivity index (χ1v) is 11.5. The van der Waals surface area contributed by atoms with Gasteiger partial charge in [0.25, 0.3) is 0 Å². The highest BCUT2D eigenvalue weighted by Gasteiger charge is 2.39. The topological polar surface area (TPSA) is 75.7 Å². The minimum absolute atomic E-state index is 0.132. The Bertz CT molecular complexity index is 1080. The van der Waals surface area contributed by atoms with Crippen molar-refractivity contribution in [2.75, 3.05) is 25.1 Å². The molecular formula is C22H24N2O4S. The quantitative estimate of drug-likeness (QED) is 0.815. The van der Waals surface area contributed by atoms with Crippen LogP contribution in [0.15, 0.2) is 41.3 Å². The van der Waals surface area contributed by atoms with Crippen molar-refractivity contribution in [1.82, 2.24) is 4.72 Å². The van der Waals surface area contributed by atoms with Crippen LogP contribution in [0.5, 0.6) is 0 Å². The van der Waals surface area contributed by atoms with E-state index in [1.54, 1.807) is 24.1 Å². The Morgan fingerprint density at radius 3 is 2.34 bits per heavy atom. The number of amides is 1. The predicted octanol–water partition coefficient (Wildman–Crippen LogP) is 1.98. The minimum Gasteiger partial charge on any atom is -0.376 e. The Morgan fingerprint density at radius 2 is 1.69 bits per heavy atom. The Balaban J connectivity index is 1.39. The highest BCUT2D eigenvalue weighted by Crippen LogP contribution is 2.38. The number of nitrogens with zero attached hydrogens (tertiary/aromatic N) is 1. The molecule has 7 heteroatoms. The molecule has 0 atom stereocenters. The summed E-state index contributed by atoms with van der Waals surface area (Å²) in [4.78, 5) is 14.2. The fourth-order valence-corrected chi connectivity index (χ4v) is 6.11. The molecule has 1 amide bonds. The highest BCUT2D eigenvalue weighted by molar-refractivity contribution is 7.89. The lowest BCUT2D eigenvalue weighted by Gasteiger charge is -2.28. The Kier molecular flexibility index (Phi) is 4.31. The first kappa shape index (κ1) is 18.8. The first-order valence-electron chi connectivity index (χ1n) is 9.99. The fraction of sp³-hybridized carbons (Fsp3) is 0.409.